The number of piperidine rings is 1. The van der Waals surface area contributed by atoms with Gasteiger partial charge in [-0.1, -0.05) is 85.1 Å². The summed E-state index contributed by atoms with van der Waals surface area (Å²) in [6, 6.07) is 9.95. The zero-order valence-electron chi connectivity index (χ0n) is 27.1. The van der Waals surface area contributed by atoms with Crippen LogP contribution in [0, 0.1) is 17.3 Å². The predicted molar refractivity (Wildman–Crippen MR) is 182 cm³/mol. The number of esters is 1. The molecule has 0 aromatic heterocycles. The average molecular weight is 697 g/mol. The van der Waals surface area contributed by atoms with Crippen LogP contribution in [0.5, 0.6) is 0 Å². The molecule has 1 heterocycles. The molecule has 0 saturated carbocycles. The summed E-state index contributed by atoms with van der Waals surface area (Å²) in [5, 5.41) is 17.6. The first-order chi connectivity index (χ1) is 21.4. The van der Waals surface area contributed by atoms with Gasteiger partial charge in [0.1, 0.15) is 18.7 Å². The lowest BCUT2D eigenvalue weighted by atomic mass is 9.89. The summed E-state index contributed by atoms with van der Waals surface area (Å²) in [4.78, 5) is 54.0. The summed E-state index contributed by atoms with van der Waals surface area (Å²) in [7, 11) is 0. The Balaban J connectivity index is 1.62. The number of hydrogen-bond donors (Lipinski definition) is 3. The Kier molecular flexibility index (Phi) is 12.9. The Morgan fingerprint density at radius 1 is 1.02 bits per heavy atom. The number of halogens is 3. The average Bonchev–Trinajstić information content (AvgIpc) is 2.99. The normalized spacial score (nSPS) is 17.9. The molecule has 2 aromatic rings. The highest BCUT2D eigenvalue weighted by Gasteiger charge is 2.35. The molecule has 2 aromatic carbocycles. The highest BCUT2D eigenvalue weighted by molar-refractivity contribution is 6.67. The molecule has 0 bridgehead atoms. The lowest BCUT2D eigenvalue weighted by Gasteiger charge is -2.34. The highest BCUT2D eigenvalue weighted by atomic mass is 35.6. The molecule has 0 unspecified atom stereocenters. The fourth-order valence-electron chi connectivity index (χ4n) is 5.17. The van der Waals surface area contributed by atoms with Gasteiger partial charge in [-0.3, -0.25) is 19.2 Å². The van der Waals surface area contributed by atoms with Crippen molar-refractivity contribution in [2.75, 3.05) is 19.7 Å². The number of ether oxygens (including phenoxy) is 1. The fourth-order valence-corrected chi connectivity index (χ4v) is 5.33. The maximum Gasteiger partial charge on any atom is 0.310 e. The Hall–Kier alpha value is -2.85. The van der Waals surface area contributed by atoms with Gasteiger partial charge < -0.3 is 25.4 Å². The van der Waals surface area contributed by atoms with Crippen LogP contribution in [-0.4, -0.2) is 69.3 Å². The lowest BCUT2D eigenvalue weighted by Crippen LogP contribution is -2.57. The van der Waals surface area contributed by atoms with E-state index in [1.165, 1.54) is 4.90 Å². The minimum atomic E-state index is -1.73. The summed E-state index contributed by atoms with van der Waals surface area (Å²) in [5.41, 5.74) is 0.750. The Morgan fingerprint density at radius 2 is 1.70 bits per heavy atom. The molecule has 9 nitrogen and oxygen atoms in total. The molecule has 46 heavy (non-hydrogen) atoms. The van der Waals surface area contributed by atoms with Crippen molar-refractivity contribution >= 4 is 75.3 Å². The minimum Gasteiger partial charge on any atom is -0.461 e. The van der Waals surface area contributed by atoms with Crippen LogP contribution in [0.4, 0.5) is 0 Å². The molecule has 3 rings (SSSR count). The molecule has 1 aliphatic heterocycles. The number of nitrogens with one attached hydrogen (secondary N) is 2. The number of nitrogens with zero attached hydrogens (tertiary/aromatic N) is 1. The van der Waals surface area contributed by atoms with Gasteiger partial charge in [0.25, 0.3) is 0 Å². The van der Waals surface area contributed by atoms with Crippen molar-refractivity contribution < 1.29 is 29.0 Å². The van der Waals surface area contributed by atoms with Gasteiger partial charge >= 0.3 is 5.97 Å². The maximum absolute atomic E-state index is 13.4. The van der Waals surface area contributed by atoms with E-state index < -0.39 is 51.8 Å². The van der Waals surface area contributed by atoms with Crippen LogP contribution in [0.1, 0.15) is 71.6 Å². The minimum absolute atomic E-state index is 0.127. The quantitative estimate of drug-likeness (QED) is 0.204. The van der Waals surface area contributed by atoms with Crippen molar-refractivity contribution in [2.45, 2.75) is 76.4 Å². The molecule has 0 spiro atoms. The molecule has 3 amide bonds. The molecule has 1 saturated heterocycles. The molecular weight excluding hydrogens is 653 g/mol. The van der Waals surface area contributed by atoms with E-state index in [1.54, 1.807) is 33.8 Å². The lowest BCUT2D eigenvalue weighted by molar-refractivity contribution is -0.152. The maximum atomic E-state index is 13.4. The number of likely N-dealkylation sites (tertiary alicyclic amines) is 1. The van der Waals surface area contributed by atoms with Gasteiger partial charge in [0, 0.05) is 13.1 Å². The molecule has 12 heteroatoms. The molecule has 0 aliphatic carbocycles. The number of carbonyl (C=O) groups is 4. The molecule has 1 aliphatic rings. The number of aliphatic hydroxyl groups excluding tert-OH is 1. The number of hydrogen-bond acceptors (Lipinski definition) is 6. The van der Waals surface area contributed by atoms with Crippen LogP contribution >= 0.6 is 34.8 Å². The van der Waals surface area contributed by atoms with Gasteiger partial charge in [0.15, 0.2) is 0 Å². The van der Waals surface area contributed by atoms with Gasteiger partial charge in [-0.05, 0) is 80.5 Å². The number of alkyl halides is 3. The monoisotopic (exact) mass is 695 g/mol. The largest absolute Gasteiger partial charge is 0.461 e. The summed E-state index contributed by atoms with van der Waals surface area (Å²) >= 11 is 17.0. The molecule has 0 radical (unpaired) electrons. The van der Waals surface area contributed by atoms with Crippen molar-refractivity contribution in [3.05, 3.63) is 53.6 Å². The van der Waals surface area contributed by atoms with E-state index in [9.17, 15) is 24.3 Å². The smallest absolute Gasteiger partial charge is 0.310 e. The highest BCUT2D eigenvalue weighted by Crippen LogP contribution is 2.28. The van der Waals surface area contributed by atoms with E-state index in [1.807, 2.05) is 56.3 Å². The fraction of sp³-hybridized carbons (Fsp3) is 0.529. The van der Waals surface area contributed by atoms with Gasteiger partial charge in [-0.2, -0.15) is 0 Å². The van der Waals surface area contributed by atoms with E-state index >= 15 is 0 Å². The Labute approximate surface area is 285 Å². The number of carbonyl (C=O) groups excluding carboxylic acids is 4. The van der Waals surface area contributed by atoms with Crippen molar-refractivity contribution in [1.29, 1.82) is 0 Å². The zero-order chi connectivity index (χ0) is 34.4. The van der Waals surface area contributed by atoms with Gasteiger partial charge in [-0.25, -0.2) is 0 Å². The van der Waals surface area contributed by atoms with Crippen molar-refractivity contribution in [2.24, 2.45) is 17.3 Å². The second-order valence-corrected chi connectivity index (χ2v) is 15.4. The Morgan fingerprint density at radius 3 is 2.33 bits per heavy atom. The van der Waals surface area contributed by atoms with Crippen LogP contribution in [0.3, 0.4) is 0 Å². The number of amides is 3. The molecule has 4 atom stereocenters. The van der Waals surface area contributed by atoms with Crippen LogP contribution in [0.15, 0.2) is 42.5 Å². The summed E-state index contributed by atoms with van der Waals surface area (Å²) in [6.07, 6.45) is 4.18. The van der Waals surface area contributed by atoms with Crippen molar-refractivity contribution in [3.63, 3.8) is 0 Å². The molecule has 3 N–H and O–H groups in total. The third kappa shape index (κ3) is 10.6. The van der Waals surface area contributed by atoms with Crippen LogP contribution in [0.25, 0.3) is 16.8 Å². The standard InChI is InChI=1S/C34H44Cl3N3O6/c1-20(2)28(29(42)38-21(3)30(43)40-15-7-8-26(18-40)31(44)46-19-34(35,36)37)39-32(45)33(5,6)14-13-23-9-10-24-11-12-25(22(4)41)17-27(24)16-23/h9-14,16-17,20-22,26,28,41H,7-8,15,18-19H2,1-6H3,(H,38,42)(H,39,45)/t21-,22+,26+,28-/m0/s1. The number of fused-ring (bicyclic) bond motifs is 1. The van der Waals surface area contributed by atoms with Gasteiger partial charge in [0.05, 0.1) is 17.4 Å². The zero-order valence-corrected chi connectivity index (χ0v) is 29.4. The van der Waals surface area contributed by atoms with E-state index in [-0.39, 0.29) is 24.3 Å². The van der Waals surface area contributed by atoms with Crippen molar-refractivity contribution in [1.82, 2.24) is 15.5 Å². The van der Waals surface area contributed by atoms with Crippen LogP contribution in [0.2, 0.25) is 0 Å². The third-order valence-corrected chi connectivity index (χ3v) is 8.39. The first kappa shape index (κ1) is 37.6. The van der Waals surface area contributed by atoms with E-state index in [4.69, 9.17) is 39.5 Å². The van der Waals surface area contributed by atoms with Gasteiger partial charge in [0.2, 0.25) is 21.5 Å². The first-order valence-electron chi connectivity index (χ1n) is 15.4. The molecular formula is C34H44Cl3N3O6. The second kappa shape index (κ2) is 15.8. The SMILES string of the molecule is CC(C)[C@H](NC(=O)C(C)(C)C=Cc1ccc2ccc([C@@H](C)O)cc2c1)C(=O)N[C@@H](C)C(=O)N1CCC[C@@H](C(=O)OCC(Cl)(Cl)Cl)C1. The van der Waals surface area contributed by atoms with Crippen molar-refractivity contribution in [3.8, 4) is 0 Å². The van der Waals surface area contributed by atoms with E-state index in [0.717, 1.165) is 21.9 Å². The first-order valence-corrected chi connectivity index (χ1v) is 16.6. The van der Waals surface area contributed by atoms with Gasteiger partial charge in [-0.15, -0.1) is 0 Å². The van der Waals surface area contributed by atoms with Crippen LogP contribution in [-0.2, 0) is 23.9 Å². The summed E-state index contributed by atoms with van der Waals surface area (Å²) in [6.45, 7) is 10.6. The van der Waals surface area contributed by atoms with Crippen LogP contribution < -0.4 is 10.6 Å². The summed E-state index contributed by atoms with van der Waals surface area (Å²) in [5.74, 6) is -2.56. The molecule has 1 fully saturated rings. The third-order valence-electron chi connectivity index (χ3n) is 8.06. The number of benzene rings is 2. The number of aliphatic hydroxyl groups is 1. The topological polar surface area (TPSA) is 125 Å². The Bertz CT molecular complexity index is 1450. The predicted octanol–water partition coefficient (Wildman–Crippen LogP) is 5.73. The molecule has 252 valence electrons. The van der Waals surface area contributed by atoms with E-state index in [0.29, 0.717) is 19.4 Å². The second-order valence-electron chi connectivity index (χ2n) is 12.9. The number of rotatable bonds is 11. The van der Waals surface area contributed by atoms with E-state index in [2.05, 4.69) is 10.6 Å². The summed E-state index contributed by atoms with van der Waals surface area (Å²) < 4.78 is 3.37.